The summed E-state index contributed by atoms with van der Waals surface area (Å²) < 4.78 is 52.4. The van der Waals surface area contributed by atoms with E-state index in [2.05, 4.69) is 0 Å². The highest BCUT2D eigenvalue weighted by molar-refractivity contribution is 7.92. The van der Waals surface area contributed by atoms with E-state index in [1.165, 1.54) is 16.4 Å². The van der Waals surface area contributed by atoms with Crippen molar-refractivity contribution >= 4 is 43.1 Å². The van der Waals surface area contributed by atoms with Crippen molar-refractivity contribution in [3.05, 3.63) is 58.6 Å². The summed E-state index contributed by atoms with van der Waals surface area (Å²) in [4.78, 5) is 0.128. The SMILES string of the molecule is O=S(=O)(c1ccccc1)C1CCN(S(=O)(=O)c2c(Cl)cccc2Cl)CC1. The Balaban J connectivity index is 1.81. The van der Waals surface area contributed by atoms with E-state index < -0.39 is 25.1 Å². The lowest BCUT2D eigenvalue weighted by Crippen LogP contribution is -2.42. The third-order valence-corrected chi connectivity index (χ3v) is 9.56. The van der Waals surface area contributed by atoms with Gasteiger partial charge in [0.2, 0.25) is 10.0 Å². The highest BCUT2D eigenvalue weighted by Gasteiger charge is 2.37. The Bertz CT molecular complexity index is 980. The molecule has 26 heavy (non-hydrogen) atoms. The lowest BCUT2D eigenvalue weighted by molar-refractivity contribution is 0.345. The van der Waals surface area contributed by atoms with E-state index in [1.807, 2.05) is 0 Å². The van der Waals surface area contributed by atoms with Crippen molar-refractivity contribution in [3.8, 4) is 0 Å². The number of hydrogen-bond acceptors (Lipinski definition) is 4. The molecule has 0 bridgehead atoms. The molecule has 0 aliphatic carbocycles. The number of rotatable bonds is 4. The molecular weight excluding hydrogens is 417 g/mol. The second-order valence-electron chi connectivity index (χ2n) is 6.01. The lowest BCUT2D eigenvalue weighted by Gasteiger charge is -2.31. The number of sulfonamides is 1. The van der Waals surface area contributed by atoms with E-state index in [0.29, 0.717) is 0 Å². The molecule has 3 rings (SSSR count). The minimum absolute atomic E-state index is 0.0523. The zero-order valence-electron chi connectivity index (χ0n) is 13.7. The van der Waals surface area contributed by atoms with Gasteiger partial charge in [-0.15, -0.1) is 0 Å². The molecule has 140 valence electrons. The van der Waals surface area contributed by atoms with Crippen molar-refractivity contribution in [1.29, 1.82) is 0 Å². The third kappa shape index (κ3) is 3.64. The first-order valence-electron chi connectivity index (χ1n) is 7.97. The Morgan fingerprint density at radius 1 is 0.808 bits per heavy atom. The van der Waals surface area contributed by atoms with Gasteiger partial charge in [-0.2, -0.15) is 4.31 Å². The van der Waals surface area contributed by atoms with Crippen molar-refractivity contribution < 1.29 is 16.8 Å². The number of nitrogens with zero attached hydrogens (tertiary/aromatic N) is 1. The molecule has 1 fully saturated rings. The summed E-state index contributed by atoms with van der Waals surface area (Å²) in [6.07, 6.45) is 0.442. The van der Waals surface area contributed by atoms with Crippen LogP contribution in [0.3, 0.4) is 0 Å². The van der Waals surface area contributed by atoms with Crippen LogP contribution in [0.25, 0.3) is 0 Å². The van der Waals surface area contributed by atoms with Crippen LogP contribution in [0.2, 0.25) is 10.0 Å². The summed E-state index contributed by atoms with van der Waals surface area (Å²) in [5.74, 6) is 0. The molecule has 2 aromatic carbocycles. The molecule has 5 nitrogen and oxygen atoms in total. The normalized spacial score (nSPS) is 17.3. The fraction of sp³-hybridized carbons (Fsp3) is 0.294. The van der Waals surface area contributed by atoms with E-state index in [4.69, 9.17) is 23.2 Å². The van der Waals surface area contributed by atoms with Crippen LogP contribution in [-0.2, 0) is 19.9 Å². The first-order valence-corrected chi connectivity index (χ1v) is 11.7. The number of benzene rings is 2. The smallest absolute Gasteiger partial charge is 0.223 e. The second kappa shape index (κ2) is 7.48. The van der Waals surface area contributed by atoms with Gasteiger partial charge in [0.15, 0.2) is 9.84 Å². The van der Waals surface area contributed by atoms with Gasteiger partial charge in [0.1, 0.15) is 4.90 Å². The maximum atomic E-state index is 12.9. The summed E-state index contributed by atoms with van der Waals surface area (Å²) in [5, 5.41) is -0.508. The quantitative estimate of drug-likeness (QED) is 0.737. The molecule has 0 aromatic heterocycles. The molecule has 1 heterocycles. The van der Waals surface area contributed by atoms with Crippen LogP contribution in [0, 0.1) is 0 Å². The minimum Gasteiger partial charge on any atom is -0.223 e. The van der Waals surface area contributed by atoms with Gasteiger partial charge in [0.05, 0.1) is 20.2 Å². The largest absolute Gasteiger partial charge is 0.246 e. The van der Waals surface area contributed by atoms with Gasteiger partial charge in [-0.25, -0.2) is 16.8 Å². The van der Waals surface area contributed by atoms with Gasteiger partial charge < -0.3 is 0 Å². The Morgan fingerprint density at radius 3 is 1.88 bits per heavy atom. The Hall–Kier alpha value is -1.12. The van der Waals surface area contributed by atoms with Crippen LogP contribution in [0.1, 0.15) is 12.8 Å². The average Bonchev–Trinajstić information content (AvgIpc) is 2.62. The van der Waals surface area contributed by atoms with Crippen LogP contribution >= 0.6 is 23.2 Å². The van der Waals surface area contributed by atoms with Crippen LogP contribution < -0.4 is 0 Å². The number of hydrogen-bond donors (Lipinski definition) is 0. The highest BCUT2D eigenvalue weighted by Crippen LogP contribution is 2.34. The van der Waals surface area contributed by atoms with Crippen molar-refractivity contribution in [3.63, 3.8) is 0 Å². The second-order valence-corrected chi connectivity index (χ2v) is 10.9. The molecule has 0 saturated carbocycles. The van der Waals surface area contributed by atoms with E-state index in [-0.39, 0.29) is 45.8 Å². The number of sulfone groups is 1. The first-order chi connectivity index (χ1) is 12.2. The summed E-state index contributed by atoms with van der Waals surface area (Å²) >= 11 is 12.1. The standard InChI is InChI=1S/C17H17Cl2NO4S2/c18-15-7-4-8-16(19)17(15)26(23,24)20-11-9-14(10-12-20)25(21,22)13-5-2-1-3-6-13/h1-8,14H,9-12H2. The van der Waals surface area contributed by atoms with E-state index in [0.717, 1.165) is 0 Å². The van der Waals surface area contributed by atoms with Crippen molar-refractivity contribution in [2.45, 2.75) is 27.9 Å². The Morgan fingerprint density at radius 2 is 1.35 bits per heavy atom. The molecule has 1 saturated heterocycles. The number of piperidine rings is 1. The molecule has 2 aromatic rings. The molecule has 9 heteroatoms. The van der Waals surface area contributed by atoms with Crippen molar-refractivity contribution in [2.75, 3.05) is 13.1 Å². The van der Waals surface area contributed by atoms with E-state index >= 15 is 0 Å². The monoisotopic (exact) mass is 433 g/mol. The molecule has 1 aliphatic rings. The van der Waals surface area contributed by atoms with Gasteiger partial charge in [-0.1, -0.05) is 47.5 Å². The summed E-state index contributed by atoms with van der Waals surface area (Å²) in [6.45, 7) is 0.196. The van der Waals surface area contributed by atoms with Gasteiger partial charge >= 0.3 is 0 Å². The topological polar surface area (TPSA) is 71.5 Å². The van der Waals surface area contributed by atoms with Crippen LogP contribution in [0.5, 0.6) is 0 Å². The Kier molecular flexibility index (Phi) is 5.65. The maximum absolute atomic E-state index is 12.9. The fourth-order valence-corrected chi connectivity index (χ4v) is 7.36. The molecule has 0 N–H and O–H groups in total. The average molecular weight is 434 g/mol. The van der Waals surface area contributed by atoms with Gasteiger partial charge in [-0.05, 0) is 37.1 Å². The van der Waals surface area contributed by atoms with Crippen molar-refractivity contribution in [1.82, 2.24) is 4.31 Å². The molecule has 0 atom stereocenters. The molecule has 0 spiro atoms. The molecule has 0 unspecified atom stereocenters. The predicted octanol–water partition coefficient (Wildman–Crippen LogP) is 3.62. The molecule has 0 radical (unpaired) electrons. The summed E-state index contributed by atoms with van der Waals surface area (Å²) in [6, 6.07) is 12.7. The molecule has 0 amide bonds. The van der Waals surface area contributed by atoms with E-state index in [1.54, 1.807) is 36.4 Å². The zero-order chi connectivity index (χ0) is 18.9. The highest BCUT2D eigenvalue weighted by atomic mass is 35.5. The van der Waals surface area contributed by atoms with Gasteiger partial charge in [0, 0.05) is 13.1 Å². The zero-order valence-corrected chi connectivity index (χ0v) is 16.8. The van der Waals surface area contributed by atoms with Crippen molar-refractivity contribution in [2.24, 2.45) is 0 Å². The molecule has 1 aliphatic heterocycles. The third-order valence-electron chi connectivity index (χ3n) is 4.43. The first kappa shape index (κ1) is 19.6. The molecular formula is C17H17Cl2NO4S2. The van der Waals surface area contributed by atoms with Crippen LogP contribution in [-0.4, -0.2) is 39.5 Å². The predicted molar refractivity (Wildman–Crippen MR) is 102 cm³/mol. The minimum atomic E-state index is -3.88. The maximum Gasteiger partial charge on any atom is 0.246 e. The Labute approximate surface area is 163 Å². The summed E-state index contributed by atoms with van der Waals surface area (Å²) in [7, 11) is -7.37. The lowest BCUT2D eigenvalue weighted by atomic mass is 10.2. The fourth-order valence-electron chi connectivity index (χ4n) is 3.04. The van der Waals surface area contributed by atoms with Crippen LogP contribution in [0.15, 0.2) is 58.3 Å². The number of halogens is 2. The van der Waals surface area contributed by atoms with E-state index in [9.17, 15) is 16.8 Å². The van der Waals surface area contributed by atoms with Gasteiger partial charge in [0.25, 0.3) is 0 Å². The van der Waals surface area contributed by atoms with Crippen LogP contribution in [0.4, 0.5) is 0 Å². The summed E-state index contributed by atoms with van der Waals surface area (Å²) in [5.41, 5.74) is 0. The van der Waals surface area contributed by atoms with Gasteiger partial charge in [-0.3, -0.25) is 0 Å².